The molecule has 2 N–H and O–H groups in total. The van der Waals surface area contributed by atoms with E-state index in [2.05, 4.69) is 30.0 Å². The summed E-state index contributed by atoms with van der Waals surface area (Å²) in [5.41, 5.74) is 2.19. The molecule has 1 aromatic carbocycles. The molecular weight excluding hydrogens is 562 g/mol. The van der Waals surface area contributed by atoms with Gasteiger partial charge in [0.1, 0.15) is 5.82 Å². The van der Waals surface area contributed by atoms with Gasteiger partial charge < -0.3 is 0 Å². The summed E-state index contributed by atoms with van der Waals surface area (Å²) in [7, 11) is -3.96. The van der Waals surface area contributed by atoms with Crippen molar-refractivity contribution < 1.29 is 8.42 Å². The normalized spacial score (nSPS) is 17.9. The van der Waals surface area contributed by atoms with E-state index in [1.807, 2.05) is 10.7 Å². The van der Waals surface area contributed by atoms with Crippen LogP contribution in [-0.4, -0.2) is 48.3 Å². The Labute approximate surface area is 251 Å². The Hall–Kier alpha value is -3.93. The highest BCUT2D eigenvalue weighted by atomic mass is 32.2. The summed E-state index contributed by atoms with van der Waals surface area (Å²) in [6.45, 7) is 0.781. The highest BCUT2D eigenvalue weighted by Crippen LogP contribution is 2.37. The second kappa shape index (κ2) is 12.0. The molecule has 1 unspecified atom stereocenters. The van der Waals surface area contributed by atoms with E-state index in [1.54, 1.807) is 43.0 Å². The third-order valence-electron chi connectivity index (χ3n) is 9.14. The molecule has 2 fully saturated rings. The standard InChI is InChI=1S/C31H37N9O2S/c41-43(42,39-31-33-17-25-19-35-40(30(25)37-31)20-22-10-5-2-6-11-22)26-13-7-12-23(15-26)27(14-21-8-3-1-4-9-21)29-32-16-24-18-34-38-28(24)36-29/h7,12-13,15-19,21-22,27H,1-6,8-11,14,20H2,(H,33,37,39)(H,32,34,36,38). The van der Waals surface area contributed by atoms with Crippen molar-refractivity contribution in [3.05, 3.63) is 60.4 Å². The predicted molar refractivity (Wildman–Crippen MR) is 164 cm³/mol. The van der Waals surface area contributed by atoms with E-state index in [1.165, 1.54) is 64.2 Å². The van der Waals surface area contributed by atoms with Crippen LogP contribution in [0.3, 0.4) is 0 Å². The molecule has 11 nitrogen and oxygen atoms in total. The number of aromatic amines is 1. The molecule has 0 bridgehead atoms. The Kier molecular flexibility index (Phi) is 7.77. The lowest BCUT2D eigenvalue weighted by Gasteiger charge is -2.26. The summed E-state index contributed by atoms with van der Waals surface area (Å²) in [6.07, 6.45) is 19.9. The SMILES string of the molecule is O=S(=O)(Nc1ncc2cnn(CC3CCCCC3)c2n1)c1cccc(C(CC2CCCCC2)c2ncc3cn[nH]c3n2)c1. The molecule has 0 amide bonds. The van der Waals surface area contributed by atoms with Gasteiger partial charge in [0.05, 0.1) is 28.1 Å². The van der Waals surface area contributed by atoms with Gasteiger partial charge in [-0.15, -0.1) is 0 Å². The van der Waals surface area contributed by atoms with Crippen LogP contribution in [0.1, 0.15) is 87.9 Å². The molecule has 43 heavy (non-hydrogen) atoms. The molecule has 4 aromatic heterocycles. The highest BCUT2D eigenvalue weighted by Gasteiger charge is 2.26. The fraction of sp³-hybridized carbons (Fsp3) is 0.484. The van der Waals surface area contributed by atoms with Crippen LogP contribution in [0.5, 0.6) is 0 Å². The Morgan fingerprint density at radius 3 is 2.47 bits per heavy atom. The lowest BCUT2D eigenvalue weighted by Crippen LogP contribution is -2.18. The average Bonchev–Trinajstić information content (AvgIpc) is 3.67. The van der Waals surface area contributed by atoms with E-state index in [0.29, 0.717) is 29.0 Å². The summed E-state index contributed by atoms with van der Waals surface area (Å²) < 4.78 is 31.8. The maximum Gasteiger partial charge on any atom is 0.264 e. The number of fused-ring (bicyclic) bond motifs is 2. The van der Waals surface area contributed by atoms with Crippen molar-refractivity contribution in [2.75, 3.05) is 4.72 Å². The monoisotopic (exact) mass is 599 g/mol. The molecule has 2 aliphatic carbocycles. The molecule has 5 aromatic rings. The summed E-state index contributed by atoms with van der Waals surface area (Å²) in [4.78, 5) is 18.5. The van der Waals surface area contributed by atoms with Gasteiger partial charge in [-0.3, -0.25) is 5.10 Å². The van der Waals surface area contributed by atoms with E-state index >= 15 is 0 Å². The smallest absolute Gasteiger partial charge is 0.261 e. The third-order valence-corrected chi connectivity index (χ3v) is 10.5. The quantitative estimate of drug-likeness (QED) is 0.211. The fourth-order valence-electron chi connectivity index (χ4n) is 6.81. The predicted octanol–water partition coefficient (Wildman–Crippen LogP) is 5.98. The highest BCUT2D eigenvalue weighted by molar-refractivity contribution is 7.92. The first kappa shape index (κ1) is 27.9. The Morgan fingerprint density at radius 2 is 1.65 bits per heavy atom. The number of benzene rings is 1. The van der Waals surface area contributed by atoms with Crippen molar-refractivity contribution in [2.45, 2.75) is 88.0 Å². The van der Waals surface area contributed by atoms with Crippen molar-refractivity contribution in [3.63, 3.8) is 0 Å². The van der Waals surface area contributed by atoms with Crippen molar-refractivity contribution in [3.8, 4) is 0 Å². The number of nitrogens with zero attached hydrogens (tertiary/aromatic N) is 7. The molecule has 2 saturated carbocycles. The zero-order valence-electron chi connectivity index (χ0n) is 24.2. The first-order valence-electron chi connectivity index (χ1n) is 15.5. The summed E-state index contributed by atoms with van der Waals surface area (Å²) in [6, 6.07) is 7.10. The van der Waals surface area contributed by atoms with Crippen LogP contribution in [0.2, 0.25) is 0 Å². The number of aromatic nitrogens is 8. The zero-order chi connectivity index (χ0) is 29.2. The summed E-state index contributed by atoms with van der Waals surface area (Å²) in [5, 5.41) is 13.2. The lowest BCUT2D eigenvalue weighted by molar-refractivity contribution is 0.311. The molecule has 4 heterocycles. The average molecular weight is 600 g/mol. The molecule has 0 aliphatic heterocycles. The van der Waals surface area contributed by atoms with Gasteiger partial charge in [-0.05, 0) is 48.8 Å². The second-order valence-electron chi connectivity index (χ2n) is 12.2. The van der Waals surface area contributed by atoms with Crippen molar-refractivity contribution in [2.24, 2.45) is 11.8 Å². The molecule has 0 saturated heterocycles. The minimum atomic E-state index is -3.96. The van der Waals surface area contributed by atoms with Gasteiger partial charge in [-0.2, -0.15) is 15.2 Å². The molecule has 224 valence electrons. The van der Waals surface area contributed by atoms with Gasteiger partial charge in [0.25, 0.3) is 10.0 Å². The van der Waals surface area contributed by atoms with Crippen molar-refractivity contribution in [1.82, 2.24) is 39.9 Å². The van der Waals surface area contributed by atoms with E-state index in [9.17, 15) is 8.42 Å². The van der Waals surface area contributed by atoms with E-state index < -0.39 is 10.0 Å². The topological polar surface area (TPSA) is 144 Å². The van der Waals surface area contributed by atoms with Gasteiger partial charge >= 0.3 is 0 Å². The Balaban J connectivity index is 1.16. The van der Waals surface area contributed by atoms with Gasteiger partial charge in [-0.25, -0.2) is 32.8 Å². The van der Waals surface area contributed by atoms with Crippen LogP contribution in [0.4, 0.5) is 5.95 Å². The maximum atomic E-state index is 13.7. The molecule has 7 rings (SSSR count). The summed E-state index contributed by atoms with van der Waals surface area (Å²) in [5.74, 6) is 1.67. The maximum absolute atomic E-state index is 13.7. The number of hydrogen-bond donors (Lipinski definition) is 2. The van der Waals surface area contributed by atoms with E-state index in [-0.39, 0.29) is 16.8 Å². The number of sulfonamides is 1. The Morgan fingerprint density at radius 1 is 0.884 bits per heavy atom. The fourth-order valence-corrected chi connectivity index (χ4v) is 7.81. The molecule has 0 spiro atoms. The van der Waals surface area contributed by atoms with Crippen molar-refractivity contribution >= 4 is 38.0 Å². The van der Waals surface area contributed by atoms with Crippen LogP contribution in [0.25, 0.3) is 22.1 Å². The largest absolute Gasteiger partial charge is 0.264 e. The van der Waals surface area contributed by atoms with Crippen molar-refractivity contribution in [1.29, 1.82) is 0 Å². The van der Waals surface area contributed by atoms with Gasteiger partial charge in [0.15, 0.2) is 11.3 Å². The number of nitrogens with one attached hydrogen (secondary N) is 2. The molecule has 12 heteroatoms. The number of rotatable bonds is 9. The zero-order valence-corrected chi connectivity index (χ0v) is 25.0. The van der Waals surface area contributed by atoms with E-state index in [0.717, 1.165) is 29.3 Å². The molecular formula is C31H37N9O2S. The lowest BCUT2D eigenvalue weighted by atomic mass is 9.80. The summed E-state index contributed by atoms with van der Waals surface area (Å²) >= 11 is 0. The van der Waals surface area contributed by atoms with Crippen LogP contribution < -0.4 is 4.72 Å². The van der Waals surface area contributed by atoms with Gasteiger partial charge in [-0.1, -0.05) is 63.5 Å². The molecule has 0 radical (unpaired) electrons. The van der Waals surface area contributed by atoms with Crippen LogP contribution in [-0.2, 0) is 16.6 Å². The minimum absolute atomic E-state index is 0.0371. The minimum Gasteiger partial charge on any atom is -0.261 e. The first-order valence-corrected chi connectivity index (χ1v) is 17.0. The number of H-pyrrole nitrogens is 1. The third kappa shape index (κ3) is 6.11. The van der Waals surface area contributed by atoms with Gasteiger partial charge in [0.2, 0.25) is 5.95 Å². The molecule has 1 atom stereocenters. The Bertz CT molecular complexity index is 1820. The second-order valence-corrected chi connectivity index (χ2v) is 13.9. The number of hydrogen-bond acceptors (Lipinski definition) is 8. The number of anilines is 1. The first-order chi connectivity index (χ1) is 21.0. The van der Waals surface area contributed by atoms with Crippen LogP contribution in [0, 0.1) is 11.8 Å². The van der Waals surface area contributed by atoms with Crippen LogP contribution >= 0.6 is 0 Å². The van der Waals surface area contributed by atoms with Gasteiger partial charge in [0, 0.05) is 24.9 Å². The van der Waals surface area contributed by atoms with E-state index in [4.69, 9.17) is 9.97 Å². The van der Waals surface area contributed by atoms with Crippen LogP contribution in [0.15, 0.2) is 53.9 Å². The molecule has 2 aliphatic rings.